The first-order valence-corrected chi connectivity index (χ1v) is 7.24. The molecule has 3 nitrogen and oxygen atoms in total. The molecule has 20 heavy (non-hydrogen) atoms. The van der Waals surface area contributed by atoms with Crippen molar-refractivity contribution in [1.82, 2.24) is 4.98 Å². The van der Waals surface area contributed by atoms with Gasteiger partial charge in [-0.2, -0.15) is 0 Å². The number of hydrogen-bond donors (Lipinski definition) is 0. The van der Waals surface area contributed by atoms with Crippen LogP contribution in [0.5, 0.6) is 0 Å². The molecule has 0 saturated carbocycles. The molecule has 0 bridgehead atoms. The van der Waals surface area contributed by atoms with Gasteiger partial charge in [-0.05, 0) is 44.2 Å². The van der Waals surface area contributed by atoms with Crippen molar-refractivity contribution in [3.05, 3.63) is 56.8 Å². The van der Waals surface area contributed by atoms with Crippen LogP contribution in [0, 0.1) is 13.8 Å². The van der Waals surface area contributed by atoms with E-state index in [1.165, 1.54) is 4.90 Å². The number of amides is 1. The number of halogens is 2. The summed E-state index contributed by atoms with van der Waals surface area (Å²) in [6, 6.07) is 9.05. The fourth-order valence-corrected chi connectivity index (χ4v) is 2.76. The van der Waals surface area contributed by atoms with E-state index in [0.29, 0.717) is 16.3 Å². The Morgan fingerprint density at radius 2 is 1.95 bits per heavy atom. The summed E-state index contributed by atoms with van der Waals surface area (Å²) in [7, 11) is 1.71. The molecule has 104 valence electrons. The average Bonchev–Trinajstić information content (AvgIpc) is 2.37. The average molecular weight is 354 g/mol. The molecule has 1 aromatic heterocycles. The summed E-state index contributed by atoms with van der Waals surface area (Å²) >= 11 is 9.53. The standard InChI is InChI=1S/C15H14BrClN2O/c1-9-4-6-12(10(2)18-9)15(20)19(3)14-7-5-11(16)8-13(14)17/h4-8H,1-3H3. The summed E-state index contributed by atoms with van der Waals surface area (Å²) in [5.74, 6) is -0.126. The number of carbonyl (C=O) groups excluding carboxylic acids is 1. The lowest BCUT2D eigenvalue weighted by Crippen LogP contribution is -2.27. The van der Waals surface area contributed by atoms with Gasteiger partial charge in [0, 0.05) is 17.2 Å². The molecule has 0 atom stereocenters. The molecule has 2 rings (SSSR count). The zero-order valence-corrected chi connectivity index (χ0v) is 13.8. The molecule has 0 aliphatic heterocycles. The predicted octanol–water partition coefficient (Wildman–Crippen LogP) is 4.39. The third kappa shape index (κ3) is 3.02. The highest BCUT2D eigenvalue weighted by Crippen LogP contribution is 2.29. The van der Waals surface area contributed by atoms with Gasteiger partial charge in [-0.1, -0.05) is 27.5 Å². The quantitative estimate of drug-likeness (QED) is 0.802. The SMILES string of the molecule is Cc1ccc(C(=O)N(C)c2ccc(Br)cc2Cl)c(C)n1. The van der Waals surface area contributed by atoms with Gasteiger partial charge in [0.2, 0.25) is 0 Å². The Bertz CT molecular complexity index is 673. The van der Waals surface area contributed by atoms with Crippen molar-refractivity contribution in [1.29, 1.82) is 0 Å². The zero-order chi connectivity index (χ0) is 14.9. The third-order valence-corrected chi connectivity index (χ3v) is 3.83. The first-order chi connectivity index (χ1) is 9.40. The third-order valence-electron chi connectivity index (χ3n) is 3.03. The summed E-state index contributed by atoms with van der Waals surface area (Å²) in [5, 5.41) is 0.521. The van der Waals surface area contributed by atoms with Crippen LogP contribution in [0.3, 0.4) is 0 Å². The van der Waals surface area contributed by atoms with E-state index in [-0.39, 0.29) is 5.91 Å². The molecule has 1 aromatic carbocycles. The summed E-state index contributed by atoms with van der Waals surface area (Å²) < 4.78 is 0.875. The van der Waals surface area contributed by atoms with Crippen molar-refractivity contribution in [2.24, 2.45) is 0 Å². The van der Waals surface area contributed by atoms with E-state index >= 15 is 0 Å². The maximum absolute atomic E-state index is 12.5. The fraction of sp³-hybridized carbons (Fsp3) is 0.200. The second-order valence-corrected chi connectivity index (χ2v) is 5.87. The number of rotatable bonds is 2. The minimum Gasteiger partial charge on any atom is -0.310 e. The van der Waals surface area contributed by atoms with Crippen LogP contribution in [0.25, 0.3) is 0 Å². The fourth-order valence-electron chi connectivity index (χ4n) is 1.96. The molecule has 0 spiro atoms. The monoisotopic (exact) mass is 352 g/mol. The van der Waals surface area contributed by atoms with Crippen LogP contribution in [0.2, 0.25) is 5.02 Å². The van der Waals surface area contributed by atoms with E-state index < -0.39 is 0 Å². The molecule has 0 N–H and O–H groups in total. The van der Waals surface area contributed by atoms with Crippen molar-refractivity contribution < 1.29 is 4.79 Å². The number of pyridine rings is 1. The molecular weight excluding hydrogens is 340 g/mol. The number of aryl methyl sites for hydroxylation is 2. The summed E-state index contributed by atoms with van der Waals surface area (Å²) in [4.78, 5) is 18.4. The molecule has 0 saturated heterocycles. The molecule has 0 aliphatic carbocycles. The predicted molar refractivity (Wildman–Crippen MR) is 85.6 cm³/mol. The number of benzene rings is 1. The number of carbonyl (C=O) groups is 1. The van der Waals surface area contributed by atoms with Gasteiger partial charge in [0.05, 0.1) is 22.0 Å². The lowest BCUT2D eigenvalue weighted by atomic mass is 10.1. The van der Waals surface area contributed by atoms with Crippen molar-refractivity contribution in [2.75, 3.05) is 11.9 Å². The number of aromatic nitrogens is 1. The van der Waals surface area contributed by atoms with E-state index in [9.17, 15) is 4.79 Å². The molecular formula is C15H14BrClN2O. The highest BCUT2D eigenvalue weighted by molar-refractivity contribution is 9.10. The Hall–Kier alpha value is -1.39. The molecule has 0 aliphatic rings. The highest BCUT2D eigenvalue weighted by Gasteiger charge is 2.18. The Morgan fingerprint density at radius 1 is 1.25 bits per heavy atom. The van der Waals surface area contributed by atoms with E-state index in [1.54, 1.807) is 25.2 Å². The van der Waals surface area contributed by atoms with E-state index in [0.717, 1.165) is 15.9 Å². The van der Waals surface area contributed by atoms with Crippen LogP contribution in [0.1, 0.15) is 21.7 Å². The van der Waals surface area contributed by atoms with E-state index in [2.05, 4.69) is 20.9 Å². The van der Waals surface area contributed by atoms with Gasteiger partial charge in [0.15, 0.2) is 0 Å². The number of nitrogens with zero attached hydrogens (tertiary/aromatic N) is 2. The van der Waals surface area contributed by atoms with Gasteiger partial charge in [-0.15, -0.1) is 0 Å². The normalized spacial score (nSPS) is 10.4. The number of anilines is 1. The number of hydrogen-bond acceptors (Lipinski definition) is 2. The minimum absolute atomic E-state index is 0.126. The maximum Gasteiger partial charge on any atom is 0.259 e. The van der Waals surface area contributed by atoms with Crippen LogP contribution in [-0.4, -0.2) is 17.9 Å². The van der Waals surface area contributed by atoms with Crippen LogP contribution in [-0.2, 0) is 0 Å². The minimum atomic E-state index is -0.126. The van der Waals surface area contributed by atoms with Crippen molar-refractivity contribution in [3.63, 3.8) is 0 Å². The van der Waals surface area contributed by atoms with E-state index in [4.69, 9.17) is 11.6 Å². The smallest absolute Gasteiger partial charge is 0.259 e. The van der Waals surface area contributed by atoms with Gasteiger partial charge in [-0.3, -0.25) is 9.78 Å². The Morgan fingerprint density at radius 3 is 2.55 bits per heavy atom. The largest absolute Gasteiger partial charge is 0.310 e. The molecule has 5 heteroatoms. The van der Waals surface area contributed by atoms with Gasteiger partial charge in [0.1, 0.15) is 0 Å². The molecule has 0 radical (unpaired) electrons. The second-order valence-electron chi connectivity index (χ2n) is 4.55. The molecule has 0 unspecified atom stereocenters. The van der Waals surface area contributed by atoms with Crippen LogP contribution in [0.15, 0.2) is 34.8 Å². The van der Waals surface area contributed by atoms with E-state index in [1.807, 2.05) is 26.0 Å². The van der Waals surface area contributed by atoms with Crippen molar-refractivity contribution >= 4 is 39.1 Å². The second kappa shape index (κ2) is 5.94. The highest BCUT2D eigenvalue weighted by atomic mass is 79.9. The van der Waals surface area contributed by atoms with Gasteiger partial charge in [-0.25, -0.2) is 0 Å². The summed E-state index contributed by atoms with van der Waals surface area (Å²) in [6.45, 7) is 3.73. The topological polar surface area (TPSA) is 33.2 Å². The lowest BCUT2D eigenvalue weighted by molar-refractivity contribution is 0.0992. The Labute approximate surface area is 131 Å². The first-order valence-electron chi connectivity index (χ1n) is 6.07. The summed E-state index contributed by atoms with van der Waals surface area (Å²) in [5.41, 5.74) is 2.86. The van der Waals surface area contributed by atoms with Gasteiger partial charge < -0.3 is 4.90 Å². The van der Waals surface area contributed by atoms with Crippen molar-refractivity contribution in [2.45, 2.75) is 13.8 Å². The summed E-state index contributed by atoms with van der Waals surface area (Å²) in [6.07, 6.45) is 0. The van der Waals surface area contributed by atoms with Crippen LogP contribution < -0.4 is 4.90 Å². The molecule has 1 amide bonds. The first kappa shape index (κ1) is 15.0. The Kier molecular flexibility index (Phi) is 4.45. The zero-order valence-electron chi connectivity index (χ0n) is 11.4. The Balaban J connectivity index is 2.37. The molecule has 1 heterocycles. The van der Waals surface area contributed by atoms with Gasteiger partial charge in [0.25, 0.3) is 5.91 Å². The van der Waals surface area contributed by atoms with Crippen LogP contribution in [0.4, 0.5) is 5.69 Å². The molecule has 2 aromatic rings. The maximum atomic E-state index is 12.5. The van der Waals surface area contributed by atoms with Gasteiger partial charge >= 0.3 is 0 Å². The van der Waals surface area contributed by atoms with Crippen LogP contribution >= 0.6 is 27.5 Å². The molecule has 0 fully saturated rings. The lowest BCUT2D eigenvalue weighted by Gasteiger charge is -2.19. The van der Waals surface area contributed by atoms with Crippen molar-refractivity contribution in [3.8, 4) is 0 Å².